The van der Waals surface area contributed by atoms with E-state index in [1.807, 2.05) is 31.2 Å². The SMILES string of the molecule is Cc1cccc(CC(O)C2CCC(C(F)(F)F)CC2)c1. The van der Waals surface area contributed by atoms with Crippen LogP contribution in [-0.2, 0) is 6.42 Å². The molecule has 1 aromatic rings. The number of halogens is 3. The van der Waals surface area contributed by atoms with Crippen molar-refractivity contribution < 1.29 is 18.3 Å². The van der Waals surface area contributed by atoms with E-state index in [0.29, 0.717) is 19.3 Å². The minimum Gasteiger partial charge on any atom is -0.392 e. The predicted octanol–water partition coefficient (Wildman–Crippen LogP) is 4.27. The number of hydrogen-bond acceptors (Lipinski definition) is 1. The smallest absolute Gasteiger partial charge is 0.391 e. The summed E-state index contributed by atoms with van der Waals surface area (Å²) >= 11 is 0. The lowest BCUT2D eigenvalue weighted by Gasteiger charge is -2.32. The van der Waals surface area contributed by atoms with Crippen LogP contribution in [0, 0.1) is 18.8 Å². The average Bonchev–Trinajstić information content (AvgIpc) is 2.38. The van der Waals surface area contributed by atoms with Crippen LogP contribution in [0.25, 0.3) is 0 Å². The van der Waals surface area contributed by atoms with Crippen LogP contribution in [0.3, 0.4) is 0 Å². The van der Waals surface area contributed by atoms with E-state index in [4.69, 9.17) is 0 Å². The van der Waals surface area contributed by atoms with Crippen LogP contribution < -0.4 is 0 Å². The Morgan fingerprint density at radius 1 is 1.20 bits per heavy atom. The molecule has 1 aliphatic rings. The van der Waals surface area contributed by atoms with Gasteiger partial charge < -0.3 is 5.11 Å². The van der Waals surface area contributed by atoms with E-state index >= 15 is 0 Å². The topological polar surface area (TPSA) is 20.2 Å². The highest BCUT2D eigenvalue weighted by Gasteiger charge is 2.42. The molecule has 0 saturated heterocycles. The molecule has 0 bridgehead atoms. The van der Waals surface area contributed by atoms with Crippen molar-refractivity contribution in [1.29, 1.82) is 0 Å². The second-order valence-electron chi connectivity index (χ2n) is 5.91. The number of aliphatic hydroxyl groups excluding tert-OH is 1. The van der Waals surface area contributed by atoms with Crippen molar-refractivity contribution in [3.05, 3.63) is 35.4 Å². The van der Waals surface area contributed by atoms with E-state index in [-0.39, 0.29) is 18.8 Å². The molecule has 1 saturated carbocycles. The van der Waals surface area contributed by atoms with E-state index < -0.39 is 18.2 Å². The first-order chi connectivity index (χ1) is 9.36. The third-order valence-corrected chi connectivity index (χ3v) is 4.31. The molecule has 1 N–H and O–H groups in total. The second-order valence-corrected chi connectivity index (χ2v) is 5.91. The largest absolute Gasteiger partial charge is 0.392 e. The van der Waals surface area contributed by atoms with Gasteiger partial charge in [0.2, 0.25) is 0 Å². The molecule has 0 aliphatic heterocycles. The van der Waals surface area contributed by atoms with Gasteiger partial charge in [-0.1, -0.05) is 29.8 Å². The first kappa shape index (κ1) is 15.4. The zero-order valence-corrected chi connectivity index (χ0v) is 11.7. The summed E-state index contributed by atoms with van der Waals surface area (Å²) in [7, 11) is 0. The fourth-order valence-corrected chi connectivity index (χ4v) is 3.08. The van der Waals surface area contributed by atoms with Crippen LogP contribution in [0.1, 0.15) is 36.8 Å². The Morgan fingerprint density at radius 3 is 2.40 bits per heavy atom. The first-order valence-electron chi connectivity index (χ1n) is 7.16. The van der Waals surface area contributed by atoms with Gasteiger partial charge in [-0.15, -0.1) is 0 Å². The fourth-order valence-electron chi connectivity index (χ4n) is 3.08. The molecule has 0 radical (unpaired) electrons. The lowest BCUT2D eigenvalue weighted by molar-refractivity contribution is -0.185. The highest BCUT2D eigenvalue weighted by molar-refractivity contribution is 5.22. The maximum atomic E-state index is 12.6. The van der Waals surface area contributed by atoms with Gasteiger partial charge in [0.15, 0.2) is 0 Å². The van der Waals surface area contributed by atoms with Crippen LogP contribution >= 0.6 is 0 Å². The number of rotatable bonds is 3. The average molecular weight is 286 g/mol. The molecule has 1 aliphatic carbocycles. The van der Waals surface area contributed by atoms with Crippen molar-refractivity contribution in [2.75, 3.05) is 0 Å². The second kappa shape index (κ2) is 6.17. The van der Waals surface area contributed by atoms with Gasteiger partial charge in [-0.05, 0) is 50.5 Å². The molecular formula is C16H21F3O. The molecule has 1 aromatic carbocycles. The molecule has 0 spiro atoms. The Balaban J connectivity index is 1.87. The van der Waals surface area contributed by atoms with Gasteiger partial charge in [0.05, 0.1) is 12.0 Å². The lowest BCUT2D eigenvalue weighted by atomic mass is 9.78. The van der Waals surface area contributed by atoms with Gasteiger partial charge in [-0.2, -0.15) is 13.2 Å². The van der Waals surface area contributed by atoms with Gasteiger partial charge in [-0.25, -0.2) is 0 Å². The molecule has 2 rings (SSSR count). The molecular weight excluding hydrogens is 265 g/mol. The van der Waals surface area contributed by atoms with Crippen LogP contribution in [0.4, 0.5) is 13.2 Å². The molecule has 0 amide bonds. The maximum Gasteiger partial charge on any atom is 0.391 e. The van der Waals surface area contributed by atoms with E-state index in [1.165, 1.54) is 0 Å². The summed E-state index contributed by atoms with van der Waals surface area (Å²) in [5.74, 6) is -1.18. The number of aliphatic hydroxyl groups is 1. The minimum atomic E-state index is -4.08. The number of aryl methyl sites for hydroxylation is 1. The summed E-state index contributed by atoms with van der Waals surface area (Å²) in [5, 5.41) is 10.2. The monoisotopic (exact) mass is 286 g/mol. The maximum absolute atomic E-state index is 12.6. The number of benzene rings is 1. The molecule has 112 valence electrons. The molecule has 1 unspecified atom stereocenters. The Bertz CT molecular complexity index is 434. The Morgan fingerprint density at radius 2 is 1.85 bits per heavy atom. The minimum absolute atomic E-state index is 0.00545. The van der Waals surface area contributed by atoms with Gasteiger partial charge in [0, 0.05) is 0 Å². The summed E-state index contributed by atoms with van der Waals surface area (Å²) in [5.41, 5.74) is 2.19. The van der Waals surface area contributed by atoms with E-state index in [2.05, 4.69) is 0 Å². The van der Waals surface area contributed by atoms with Crippen molar-refractivity contribution in [3.63, 3.8) is 0 Å². The van der Waals surface area contributed by atoms with Crippen LogP contribution in [0.15, 0.2) is 24.3 Å². The fraction of sp³-hybridized carbons (Fsp3) is 0.625. The van der Waals surface area contributed by atoms with Crippen molar-refractivity contribution in [1.82, 2.24) is 0 Å². The zero-order chi connectivity index (χ0) is 14.8. The Kier molecular flexibility index (Phi) is 4.74. The van der Waals surface area contributed by atoms with Gasteiger partial charge >= 0.3 is 6.18 Å². The molecule has 4 heteroatoms. The highest BCUT2D eigenvalue weighted by atomic mass is 19.4. The summed E-state index contributed by atoms with van der Waals surface area (Å²) < 4.78 is 37.8. The van der Waals surface area contributed by atoms with E-state index in [9.17, 15) is 18.3 Å². The summed E-state index contributed by atoms with van der Waals surface area (Å²) in [6.45, 7) is 1.99. The number of alkyl halides is 3. The summed E-state index contributed by atoms with van der Waals surface area (Å²) in [4.78, 5) is 0. The quantitative estimate of drug-likeness (QED) is 0.880. The third kappa shape index (κ3) is 3.98. The van der Waals surface area contributed by atoms with Crippen LogP contribution in [0.2, 0.25) is 0 Å². The van der Waals surface area contributed by atoms with Crippen molar-refractivity contribution in [2.24, 2.45) is 11.8 Å². The summed E-state index contributed by atoms with van der Waals surface area (Å²) in [6.07, 6.45) is -2.84. The Labute approximate surface area is 117 Å². The molecule has 20 heavy (non-hydrogen) atoms. The normalized spacial score (nSPS) is 25.4. The van der Waals surface area contributed by atoms with E-state index in [0.717, 1.165) is 11.1 Å². The van der Waals surface area contributed by atoms with Gasteiger partial charge in [-0.3, -0.25) is 0 Å². The Hall–Kier alpha value is -1.03. The molecule has 0 aromatic heterocycles. The predicted molar refractivity (Wildman–Crippen MR) is 72.4 cm³/mol. The standard InChI is InChI=1S/C16H21F3O/c1-11-3-2-4-12(9-11)10-15(20)13-5-7-14(8-6-13)16(17,18)19/h2-4,9,13-15,20H,5-8,10H2,1H3. The first-order valence-corrected chi connectivity index (χ1v) is 7.16. The van der Waals surface area contributed by atoms with E-state index in [1.54, 1.807) is 0 Å². The molecule has 1 atom stereocenters. The van der Waals surface area contributed by atoms with Crippen LogP contribution in [0.5, 0.6) is 0 Å². The van der Waals surface area contributed by atoms with Crippen molar-refractivity contribution in [3.8, 4) is 0 Å². The summed E-state index contributed by atoms with van der Waals surface area (Å²) in [6, 6.07) is 7.91. The van der Waals surface area contributed by atoms with Crippen molar-refractivity contribution >= 4 is 0 Å². The van der Waals surface area contributed by atoms with Crippen molar-refractivity contribution in [2.45, 2.75) is 51.3 Å². The van der Waals surface area contributed by atoms with Crippen LogP contribution in [-0.4, -0.2) is 17.4 Å². The zero-order valence-electron chi connectivity index (χ0n) is 11.7. The number of hydrogen-bond donors (Lipinski definition) is 1. The molecule has 0 heterocycles. The van der Waals surface area contributed by atoms with Gasteiger partial charge in [0.1, 0.15) is 0 Å². The van der Waals surface area contributed by atoms with Gasteiger partial charge in [0.25, 0.3) is 0 Å². The molecule has 1 fully saturated rings. The lowest BCUT2D eigenvalue weighted by Crippen LogP contribution is -2.32. The third-order valence-electron chi connectivity index (χ3n) is 4.31. The highest BCUT2D eigenvalue weighted by Crippen LogP contribution is 2.40. The molecule has 1 nitrogen and oxygen atoms in total.